The molecule has 0 N–H and O–H groups in total. The lowest BCUT2D eigenvalue weighted by atomic mass is 10.1. The molecule has 0 bridgehead atoms. The van der Waals surface area contributed by atoms with E-state index in [2.05, 4.69) is 4.74 Å². The number of esters is 1. The van der Waals surface area contributed by atoms with Crippen LogP contribution in [0.15, 0.2) is 0 Å². The van der Waals surface area contributed by atoms with Crippen molar-refractivity contribution in [3.8, 4) is 0 Å². The van der Waals surface area contributed by atoms with Crippen LogP contribution in [-0.4, -0.2) is 69.5 Å². The molecule has 0 aliphatic carbocycles. The second-order valence-corrected chi connectivity index (χ2v) is 7.06. The average molecular weight is 322 g/mol. The number of rotatable bonds is 8. The van der Waals surface area contributed by atoms with Crippen LogP contribution < -0.4 is 0 Å². The molecule has 7 nitrogen and oxygen atoms in total. The number of piperidine rings is 1. The second kappa shape index (κ2) is 8.67. The molecule has 0 aromatic carbocycles. The lowest BCUT2D eigenvalue weighted by Crippen LogP contribution is -2.50. The zero-order chi connectivity index (χ0) is 15.9. The molecule has 0 aromatic rings. The third-order valence-corrected chi connectivity index (χ3v) is 5.86. The summed E-state index contributed by atoms with van der Waals surface area (Å²) in [5.74, 6) is -0.417. The van der Waals surface area contributed by atoms with Crippen molar-refractivity contribution in [2.45, 2.75) is 38.6 Å². The van der Waals surface area contributed by atoms with Crippen LogP contribution in [0.25, 0.3) is 0 Å². The molecular formula is C13H26N2O5S. The maximum Gasteiger partial charge on any atom is 0.306 e. The predicted molar refractivity (Wildman–Crippen MR) is 79.0 cm³/mol. The van der Waals surface area contributed by atoms with Crippen LogP contribution in [0.5, 0.6) is 0 Å². The first-order valence-corrected chi connectivity index (χ1v) is 8.65. The molecule has 0 spiro atoms. The topological polar surface area (TPSA) is 76.1 Å². The van der Waals surface area contributed by atoms with E-state index in [1.807, 2.05) is 6.92 Å². The van der Waals surface area contributed by atoms with Crippen molar-refractivity contribution in [2.75, 3.05) is 40.5 Å². The maximum atomic E-state index is 12.7. The van der Waals surface area contributed by atoms with E-state index < -0.39 is 16.2 Å². The number of hydrogen-bond donors (Lipinski definition) is 0. The molecular weight excluding hydrogens is 296 g/mol. The van der Waals surface area contributed by atoms with E-state index in [4.69, 9.17) is 4.74 Å². The summed E-state index contributed by atoms with van der Waals surface area (Å²) in [6, 6.07) is -0.00748. The zero-order valence-corrected chi connectivity index (χ0v) is 13.9. The number of methoxy groups -OCH3 is 2. The largest absolute Gasteiger partial charge is 0.469 e. The Morgan fingerprint density at radius 1 is 1.29 bits per heavy atom. The van der Waals surface area contributed by atoms with Crippen molar-refractivity contribution >= 4 is 16.2 Å². The Kier molecular flexibility index (Phi) is 7.58. The molecule has 1 heterocycles. The van der Waals surface area contributed by atoms with Gasteiger partial charge in [0.05, 0.1) is 20.1 Å². The molecule has 0 radical (unpaired) electrons. The van der Waals surface area contributed by atoms with Gasteiger partial charge >= 0.3 is 5.97 Å². The van der Waals surface area contributed by atoms with Gasteiger partial charge < -0.3 is 9.47 Å². The van der Waals surface area contributed by atoms with E-state index in [1.165, 1.54) is 22.8 Å². The standard InChI is InChI=1S/C13H26N2O5S/c1-12-6-4-5-8-15(12)21(17,18)14(10-11-19-2)9-7-13(16)20-3/h12H,4-11H2,1-3H3. The summed E-state index contributed by atoms with van der Waals surface area (Å²) in [5, 5.41) is 0. The van der Waals surface area contributed by atoms with Gasteiger partial charge in [0.15, 0.2) is 0 Å². The van der Waals surface area contributed by atoms with E-state index in [1.54, 1.807) is 0 Å². The van der Waals surface area contributed by atoms with Crippen LogP contribution in [0.3, 0.4) is 0 Å². The molecule has 1 aliphatic rings. The van der Waals surface area contributed by atoms with Crippen LogP contribution in [0, 0.1) is 0 Å². The summed E-state index contributed by atoms with van der Waals surface area (Å²) in [4.78, 5) is 11.3. The third-order valence-electron chi connectivity index (χ3n) is 3.70. The summed E-state index contributed by atoms with van der Waals surface area (Å²) < 4.78 is 37.9. The maximum absolute atomic E-state index is 12.7. The van der Waals surface area contributed by atoms with Gasteiger partial charge in [0.1, 0.15) is 0 Å². The Labute approximate surface area is 127 Å². The van der Waals surface area contributed by atoms with Gasteiger partial charge in [0.25, 0.3) is 10.2 Å². The minimum Gasteiger partial charge on any atom is -0.469 e. The van der Waals surface area contributed by atoms with Crippen molar-refractivity contribution < 1.29 is 22.7 Å². The van der Waals surface area contributed by atoms with E-state index in [9.17, 15) is 13.2 Å². The summed E-state index contributed by atoms with van der Waals surface area (Å²) >= 11 is 0. The van der Waals surface area contributed by atoms with Gasteiger partial charge in [-0.1, -0.05) is 6.42 Å². The monoisotopic (exact) mass is 322 g/mol. The van der Waals surface area contributed by atoms with Crippen molar-refractivity contribution in [1.82, 2.24) is 8.61 Å². The summed E-state index contributed by atoms with van der Waals surface area (Å²) in [5.41, 5.74) is 0. The number of ether oxygens (including phenoxy) is 2. The Morgan fingerprint density at radius 3 is 2.57 bits per heavy atom. The zero-order valence-electron chi connectivity index (χ0n) is 13.1. The normalized spacial score (nSPS) is 20.7. The molecule has 8 heteroatoms. The van der Waals surface area contributed by atoms with Gasteiger partial charge in [-0.15, -0.1) is 0 Å². The van der Waals surface area contributed by atoms with Crippen LogP contribution in [0.4, 0.5) is 0 Å². The Bertz CT molecular complexity index is 426. The highest BCUT2D eigenvalue weighted by Crippen LogP contribution is 2.22. The average Bonchev–Trinajstić information content (AvgIpc) is 2.46. The van der Waals surface area contributed by atoms with Crippen molar-refractivity contribution in [1.29, 1.82) is 0 Å². The highest BCUT2D eigenvalue weighted by atomic mass is 32.2. The molecule has 124 valence electrons. The molecule has 1 atom stereocenters. The molecule has 0 aromatic heterocycles. The van der Waals surface area contributed by atoms with Gasteiger partial charge in [-0.05, 0) is 19.8 Å². The van der Waals surface area contributed by atoms with Crippen LogP contribution >= 0.6 is 0 Å². The van der Waals surface area contributed by atoms with Gasteiger partial charge in [0.2, 0.25) is 0 Å². The highest BCUT2D eigenvalue weighted by molar-refractivity contribution is 7.86. The Morgan fingerprint density at radius 2 is 2.00 bits per heavy atom. The molecule has 1 rings (SSSR count). The molecule has 1 aliphatic heterocycles. The Hall–Kier alpha value is -0.700. The molecule has 1 unspecified atom stereocenters. The van der Waals surface area contributed by atoms with Gasteiger partial charge in [0, 0.05) is 32.8 Å². The van der Waals surface area contributed by atoms with E-state index >= 15 is 0 Å². The third kappa shape index (κ3) is 5.21. The lowest BCUT2D eigenvalue weighted by Gasteiger charge is -2.36. The SMILES string of the molecule is COCCN(CCC(=O)OC)S(=O)(=O)N1CCCCC1C. The summed E-state index contributed by atoms with van der Waals surface area (Å²) in [6.45, 7) is 3.10. The molecule has 1 saturated heterocycles. The number of hydrogen-bond acceptors (Lipinski definition) is 5. The predicted octanol–water partition coefficient (Wildman–Crippen LogP) is 0.617. The fourth-order valence-corrected chi connectivity index (χ4v) is 4.26. The van der Waals surface area contributed by atoms with Crippen LogP contribution in [-0.2, 0) is 24.5 Å². The number of carbonyl (C=O) groups excluding carboxylic acids is 1. The van der Waals surface area contributed by atoms with Gasteiger partial charge in [-0.2, -0.15) is 17.0 Å². The minimum absolute atomic E-state index is 0.00748. The van der Waals surface area contributed by atoms with Crippen molar-refractivity contribution in [2.24, 2.45) is 0 Å². The summed E-state index contributed by atoms with van der Waals surface area (Å²) in [6.07, 6.45) is 2.84. The molecule has 1 fully saturated rings. The van der Waals surface area contributed by atoms with Crippen molar-refractivity contribution in [3.05, 3.63) is 0 Å². The quantitative estimate of drug-likeness (QED) is 0.612. The Balaban J connectivity index is 2.80. The number of carbonyl (C=O) groups is 1. The van der Waals surface area contributed by atoms with Gasteiger partial charge in [-0.25, -0.2) is 0 Å². The molecule has 21 heavy (non-hydrogen) atoms. The number of nitrogens with zero attached hydrogens (tertiary/aromatic N) is 2. The van der Waals surface area contributed by atoms with E-state index in [-0.39, 0.29) is 25.6 Å². The second-order valence-electron chi connectivity index (χ2n) is 5.18. The van der Waals surface area contributed by atoms with E-state index in [0.29, 0.717) is 13.2 Å². The summed E-state index contributed by atoms with van der Waals surface area (Å²) in [7, 11) is -0.753. The molecule has 0 amide bonds. The first-order valence-electron chi connectivity index (χ1n) is 7.26. The van der Waals surface area contributed by atoms with Crippen LogP contribution in [0.2, 0.25) is 0 Å². The van der Waals surface area contributed by atoms with E-state index in [0.717, 1.165) is 19.3 Å². The van der Waals surface area contributed by atoms with Gasteiger partial charge in [-0.3, -0.25) is 4.79 Å². The molecule has 0 saturated carbocycles. The van der Waals surface area contributed by atoms with Crippen LogP contribution in [0.1, 0.15) is 32.6 Å². The first-order chi connectivity index (χ1) is 9.93. The fraction of sp³-hybridized carbons (Fsp3) is 0.923. The van der Waals surface area contributed by atoms with Crippen molar-refractivity contribution in [3.63, 3.8) is 0 Å². The lowest BCUT2D eigenvalue weighted by molar-refractivity contribution is -0.140. The highest BCUT2D eigenvalue weighted by Gasteiger charge is 2.34. The fourth-order valence-electron chi connectivity index (χ4n) is 2.42. The first kappa shape index (κ1) is 18.3. The smallest absolute Gasteiger partial charge is 0.306 e. The minimum atomic E-state index is -3.57.